The second-order valence-corrected chi connectivity index (χ2v) is 7.71. The molecule has 4 rings (SSSR count). The monoisotopic (exact) mass is 389 g/mol. The third-order valence-electron chi connectivity index (χ3n) is 5.19. The molecule has 150 valence electrons. The van der Waals surface area contributed by atoms with Gasteiger partial charge < -0.3 is 29.4 Å². The maximum atomic E-state index is 12.4. The Kier molecular flexibility index (Phi) is 4.54. The summed E-state index contributed by atoms with van der Waals surface area (Å²) in [4.78, 5) is 24.4. The van der Waals surface area contributed by atoms with Gasteiger partial charge in [-0.3, -0.25) is 4.79 Å². The molecule has 28 heavy (non-hydrogen) atoms. The lowest BCUT2D eigenvalue weighted by molar-refractivity contribution is -0.242. The lowest BCUT2D eigenvalue weighted by Gasteiger charge is -2.34. The fourth-order valence-electron chi connectivity index (χ4n) is 3.90. The van der Waals surface area contributed by atoms with E-state index in [2.05, 4.69) is 6.58 Å². The van der Waals surface area contributed by atoms with Crippen molar-refractivity contribution in [3.8, 4) is 0 Å². The number of hydrogen-bond acceptors (Lipinski definition) is 7. The van der Waals surface area contributed by atoms with Crippen LogP contribution in [0.25, 0.3) is 0 Å². The molecule has 0 aromatic heterocycles. The molecule has 3 saturated heterocycles. The molecule has 5 atom stereocenters. The Morgan fingerprint density at radius 1 is 1.29 bits per heavy atom. The van der Waals surface area contributed by atoms with E-state index in [0.717, 1.165) is 5.56 Å². The van der Waals surface area contributed by atoms with Crippen molar-refractivity contribution in [1.82, 2.24) is 0 Å². The van der Waals surface area contributed by atoms with Crippen LogP contribution in [0.15, 0.2) is 42.5 Å². The maximum Gasteiger partial charge on any atom is 0.334 e. The highest BCUT2D eigenvalue weighted by atomic mass is 16.8. The summed E-state index contributed by atoms with van der Waals surface area (Å²) in [5.41, 5.74) is 5.01. The van der Waals surface area contributed by atoms with E-state index in [1.807, 2.05) is 30.3 Å². The van der Waals surface area contributed by atoms with Gasteiger partial charge in [0.2, 0.25) is 5.60 Å². The average molecular weight is 389 g/mol. The van der Waals surface area contributed by atoms with Crippen molar-refractivity contribution in [3.63, 3.8) is 0 Å². The van der Waals surface area contributed by atoms with Gasteiger partial charge in [-0.15, -0.1) is 0 Å². The zero-order chi connectivity index (χ0) is 20.1. The zero-order valence-electron chi connectivity index (χ0n) is 15.8. The fourth-order valence-corrected chi connectivity index (χ4v) is 3.90. The molecule has 8 heteroatoms. The smallest absolute Gasteiger partial charge is 0.334 e. The lowest BCUT2D eigenvalue weighted by atomic mass is 9.87. The Morgan fingerprint density at radius 2 is 2.00 bits per heavy atom. The van der Waals surface area contributed by atoms with Crippen molar-refractivity contribution < 1.29 is 33.3 Å². The quantitative estimate of drug-likeness (QED) is 0.595. The van der Waals surface area contributed by atoms with E-state index in [1.54, 1.807) is 13.8 Å². The lowest BCUT2D eigenvalue weighted by Crippen LogP contribution is -2.58. The Labute approximate surface area is 162 Å². The van der Waals surface area contributed by atoms with Crippen LogP contribution in [-0.2, 0) is 39.9 Å². The molecule has 1 aromatic rings. The van der Waals surface area contributed by atoms with Crippen molar-refractivity contribution in [2.75, 3.05) is 0 Å². The summed E-state index contributed by atoms with van der Waals surface area (Å²) in [6.07, 6.45) is -3.17. The van der Waals surface area contributed by atoms with Crippen LogP contribution in [0, 0.1) is 0 Å². The van der Waals surface area contributed by atoms with Gasteiger partial charge in [0.15, 0.2) is 12.1 Å². The molecule has 4 unspecified atom stereocenters. The van der Waals surface area contributed by atoms with Crippen molar-refractivity contribution in [2.24, 2.45) is 5.73 Å². The number of hydrogen-bond donors (Lipinski definition) is 1. The number of amides is 1. The number of benzene rings is 1. The highest BCUT2D eigenvalue weighted by Crippen LogP contribution is 2.46. The van der Waals surface area contributed by atoms with Gasteiger partial charge in [-0.05, 0) is 19.4 Å². The van der Waals surface area contributed by atoms with E-state index < -0.39 is 47.9 Å². The summed E-state index contributed by atoms with van der Waals surface area (Å²) < 4.78 is 29.2. The van der Waals surface area contributed by atoms with Gasteiger partial charge in [0.25, 0.3) is 5.91 Å². The number of cyclic esters (lactones) is 1. The van der Waals surface area contributed by atoms with Crippen LogP contribution in [0.4, 0.5) is 0 Å². The van der Waals surface area contributed by atoms with E-state index in [4.69, 9.17) is 29.4 Å². The first-order chi connectivity index (χ1) is 13.2. The number of rotatable bonds is 5. The van der Waals surface area contributed by atoms with Gasteiger partial charge in [0.1, 0.15) is 18.3 Å². The van der Waals surface area contributed by atoms with Crippen LogP contribution in [-0.4, -0.2) is 47.9 Å². The van der Waals surface area contributed by atoms with Crippen molar-refractivity contribution >= 4 is 11.9 Å². The molecule has 0 aliphatic carbocycles. The molecule has 1 amide bonds. The van der Waals surface area contributed by atoms with Crippen molar-refractivity contribution in [2.45, 2.75) is 62.9 Å². The van der Waals surface area contributed by atoms with Crippen LogP contribution >= 0.6 is 0 Å². The first-order valence-electron chi connectivity index (χ1n) is 9.09. The van der Waals surface area contributed by atoms with Gasteiger partial charge in [-0.1, -0.05) is 36.9 Å². The SMILES string of the molecule is C=C1C[C@](C(N)=O)(C2OC3OC(C)(C)OC3C2OCc2ccccc2)OC1=O. The minimum absolute atomic E-state index is 0.0696. The van der Waals surface area contributed by atoms with Gasteiger partial charge in [-0.25, -0.2) is 4.79 Å². The minimum Gasteiger partial charge on any atom is -0.442 e. The molecule has 0 bridgehead atoms. The number of primary amides is 1. The first kappa shape index (κ1) is 19.1. The van der Waals surface area contributed by atoms with Gasteiger partial charge in [0.05, 0.1) is 6.61 Å². The van der Waals surface area contributed by atoms with Crippen molar-refractivity contribution in [3.05, 3.63) is 48.0 Å². The molecule has 8 nitrogen and oxygen atoms in total. The first-order valence-corrected chi connectivity index (χ1v) is 9.09. The molecule has 3 heterocycles. The number of nitrogens with two attached hydrogens (primary N) is 1. The van der Waals surface area contributed by atoms with Gasteiger partial charge >= 0.3 is 5.97 Å². The summed E-state index contributed by atoms with van der Waals surface area (Å²) in [7, 11) is 0. The standard InChI is InChI=1S/C20H23NO7/c1-11-9-20(18(21)23,27-16(11)22)15-13(24-10-12-7-5-4-6-8-12)14-17(25-15)28-19(2,3)26-14/h4-8,13-15,17H,1,9-10H2,2-3H3,(H2,21,23)/t13?,14?,15?,17?,20-/m1/s1. The third kappa shape index (κ3) is 3.12. The largest absolute Gasteiger partial charge is 0.442 e. The number of carbonyl (C=O) groups excluding carboxylic acids is 2. The Balaban J connectivity index is 1.64. The molecule has 0 radical (unpaired) electrons. The summed E-state index contributed by atoms with van der Waals surface area (Å²) in [6.45, 7) is 7.44. The van der Waals surface area contributed by atoms with Crippen LogP contribution in [0.2, 0.25) is 0 Å². The number of ether oxygens (including phenoxy) is 5. The molecule has 3 fully saturated rings. The molecule has 1 aromatic carbocycles. The van der Waals surface area contributed by atoms with E-state index in [-0.39, 0.29) is 18.6 Å². The highest BCUT2D eigenvalue weighted by Gasteiger charge is 2.66. The predicted octanol–water partition coefficient (Wildman–Crippen LogP) is 1.18. The molecular weight excluding hydrogens is 366 g/mol. The topological polar surface area (TPSA) is 106 Å². The summed E-state index contributed by atoms with van der Waals surface area (Å²) in [6, 6.07) is 9.54. The second kappa shape index (κ2) is 6.66. The van der Waals surface area contributed by atoms with E-state index in [0.29, 0.717) is 0 Å². The molecule has 0 spiro atoms. The summed E-state index contributed by atoms with van der Waals surface area (Å²) in [5.74, 6) is -2.37. The second-order valence-electron chi connectivity index (χ2n) is 7.71. The summed E-state index contributed by atoms with van der Waals surface area (Å²) >= 11 is 0. The highest BCUT2D eigenvalue weighted by molar-refractivity contribution is 5.98. The Morgan fingerprint density at radius 3 is 2.61 bits per heavy atom. The average Bonchev–Trinajstić information content (AvgIpc) is 3.22. The Bertz CT molecular complexity index is 790. The van der Waals surface area contributed by atoms with Crippen LogP contribution in [0.3, 0.4) is 0 Å². The maximum absolute atomic E-state index is 12.4. The van der Waals surface area contributed by atoms with Gasteiger partial charge in [-0.2, -0.15) is 0 Å². The third-order valence-corrected chi connectivity index (χ3v) is 5.19. The predicted molar refractivity (Wildman–Crippen MR) is 95.5 cm³/mol. The minimum atomic E-state index is -1.71. The number of carbonyl (C=O) groups is 2. The molecule has 0 saturated carbocycles. The van der Waals surface area contributed by atoms with Crippen molar-refractivity contribution in [1.29, 1.82) is 0 Å². The molecule has 3 aliphatic heterocycles. The zero-order valence-corrected chi connectivity index (χ0v) is 15.8. The van der Waals surface area contributed by atoms with Gasteiger partial charge in [0, 0.05) is 12.0 Å². The van der Waals surface area contributed by atoms with Crippen LogP contribution in [0.5, 0.6) is 0 Å². The fraction of sp³-hybridized carbons (Fsp3) is 0.500. The van der Waals surface area contributed by atoms with Crippen LogP contribution in [0.1, 0.15) is 25.8 Å². The summed E-state index contributed by atoms with van der Waals surface area (Å²) in [5, 5.41) is 0. The number of fused-ring (bicyclic) bond motifs is 1. The van der Waals surface area contributed by atoms with E-state index in [9.17, 15) is 9.59 Å². The molecule has 2 N–H and O–H groups in total. The molecule has 3 aliphatic rings. The number of esters is 1. The Hall–Kier alpha value is -2.26. The molecular formula is C20H23NO7. The van der Waals surface area contributed by atoms with Crippen LogP contribution < -0.4 is 5.73 Å². The van der Waals surface area contributed by atoms with E-state index >= 15 is 0 Å². The van der Waals surface area contributed by atoms with E-state index in [1.165, 1.54) is 0 Å². The normalized spacial score (nSPS) is 36.4.